The summed E-state index contributed by atoms with van der Waals surface area (Å²) in [4.78, 5) is 25.5. The van der Waals surface area contributed by atoms with Gasteiger partial charge in [-0.05, 0) is 18.9 Å². The molecular formula is C20H20O3. The van der Waals surface area contributed by atoms with Crippen LogP contribution in [-0.4, -0.2) is 22.3 Å². The monoisotopic (exact) mass is 308 g/mol. The van der Waals surface area contributed by atoms with Crippen LogP contribution in [0, 0.1) is 5.92 Å². The molecule has 2 aromatic carbocycles. The van der Waals surface area contributed by atoms with Crippen LogP contribution in [0.5, 0.6) is 0 Å². The van der Waals surface area contributed by atoms with Gasteiger partial charge in [-0.15, -0.1) is 0 Å². The van der Waals surface area contributed by atoms with E-state index in [0.717, 1.165) is 5.56 Å². The van der Waals surface area contributed by atoms with E-state index in [1.54, 1.807) is 31.2 Å². The molecule has 1 N–H and O–H groups in total. The minimum atomic E-state index is -1.06. The Labute approximate surface area is 136 Å². The average molecular weight is 308 g/mol. The summed E-state index contributed by atoms with van der Waals surface area (Å²) in [6.45, 7) is 1.67. The molecule has 3 rings (SSSR count). The van der Waals surface area contributed by atoms with E-state index in [2.05, 4.69) is 0 Å². The molecule has 0 radical (unpaired) electrons. The summed E-state index contributed by atoms with van der Waals surface area (Å²) in [5.41, 5.74) is 0.411. The number of Topliss-reactive ketones (excluding diaryl/α,β-unsaturated/α-hetero) is 2. The smallest absolute Gasteiger partial charge is 0.173 e. The second-order valence-electron chi connectivity index (χ2n) is 6.57. The first-order valence-corrected chi connectivity index (χ1v) is 7.87. The van der Waals surface area contributed by atoms with Gasteiger partial charge >= 0.3 is 0 Å². The summed E-state index contributed by atoms with van der Waals surface area (Å²) in [5.74, 6) is -1.34. The predicted molar refractivity (Wildman–Crippen MR) is 88.3 cm³/mol. The normalized spacial score (nSPS) is 27.7. The van der Waals surface area contributed by atoms with Crippen molar-refractivity contribution in [3.05, 3.63) is 71.8 Å². The van der Waals surface area contributed by atoms with Gasteiger partial charge in [0.25, 0.3) is 0 Å². The van der Waals surface area contributed by atoms with Crippen LogP contribution >= 0.6 is 0 Å². The van der Waals surface area contributed by atoms with Crippen molar-refractivity contribution >= 4 is 11.6 Å². The second kappa shape index (κ2) is 6.09. The van der Waals surface area contributed by atoms with Gasteiger partial charge in [-0.25, -0.2) is 0 Å². The van der Waals surface area contributed by atoms with Crippen molar-refractivity contribution in [1.82, 2.24) is 0 Å². The van der Waals surface area contributed by atoms with Crippen LogP contribution < -0.4 is 0 Å². The number of benzene rings is 2. The van der Waals surface area contributed by atoms with Crippen LogP contribution in [0.2, 0.25) is 0 Å². The third-order valence-electron chi connectivity index (χ3n) is 4.53. The fourth-order valence-electron chi connectivity index (χ4n) is 3.49. The van der Waals surface area contributed by atoms with E-state index in [0.29, 0.717) is 12.0 Å². The SMILES string of the molecule is CC1(O)CC(=O)C(C(=O)c2ccccc2)C(c2ccccc2)C1. The van der Waals surface area contributed by atoms with E-state index in [1.165, 1.54) is 0 Å². The maximum absolute atomic E-state index is 12.9. The molecule has 23 heavy (non-hydrogen) atoms. The highest BCUT2D eigenvalue weighted by Crippen LogP contribution is 2.42. The first-order chi connectivity index (χ1) is 11.0. The Bertz CT molecular complexity index is 704. The molecule has 1 aliphatic rings. The van der Waals surface area contributed by atoms with Gasteiger partial charge in [-0.1, -0.05) is 60.7 Å². The molecule has 0 aliphatic heterocycles. The second-order valence-corrected chi connectivity index (χ2v) is 6.57. The van der Waals surface area contributed by atoms with Crippen LogP contribution in [0.3, 0.4) is 0 Å². The molecule has 3 nitrogen and oxygen atoms in total. The summed E-state index contributed by atoms with van der Waals surface area (Å²) in [6.07, 6.45) is 0.436. The number of aliphatic hydroxyl groups is 1. The Kier molecular flexibility index (Phi) is 4.14. The Morgan fingerprint density at radius 3 is 2.22 bits per heavy atom. The van der Waals surface area contributed by atoms with E-state index in [9.17, 15) is 14.7 Å². The number of hydrogen-bond acceptors (Lipinski definition) is 3. The van der Waals surface area contributed by atoms with Gasteiger partial charge in [0.1, 0.15) is 5.78 Å². The van der Waals surface area contributed by atoms with Crippen molar-refractivity contribution in [2.75, 3.05) is 0 Å². The van der Waals surface area contributed by atoms with Crippen LogP contribution in [0.15, 0.2) is 60.7 Å². The van der Waals surface area contributed by atoms with Gasteiger partial charge < -0.3 is 5.11 Å². The highest BCUT2D eigenvalue weighted by atomic mass is 16.3. The molecular weight excluding hydrogens is 288 g/mol. The van der Waals surface area contributed by atoms with E-state index in [1.807, 2.05) is 36.4 Å². The zero-order valence-corrected chi connectivity index (χ0v) is 13.1. The molecule has 0 aromatic heterocycles. The largest absolute Gasteiger partial charge is 0.390 e. The average Bonchev–Trinajstić information content (AvgIpc) is 2.54. The maximum atomic E-state index is 12.9. The predicted octanol–water partition coefficient (Wildman–Crippen LogP) is 3.38. The molecule has 0 spiro atoms. The first-order valence-electron chi connectivity index (χ1n) is 7.87. The molecule has 3 unspecified atom stereocenters. The zero-order valence-electron chi connectivity index (χ0n) is 13.1. The number of carbonyl (C=O) groups excluding carboxylic acids is 2. The van der Waals surface area contributed by atoms with Crippen molar-refractivity contribution in [2.24, 2.45) is 5.92 Å². The van der Waals surface area contributed by atoms with Crippen molar-refractivity contribution < 1.29 is 14.7 Å². The number of hydrogen-bond donors (Lipinski definition) is 1. The van der Waals surface area contributed by atoms with Gasteiger partial charge in [0, 0.05) is 17.9 Å². The molecule has 118 valence electrons. The van der Waals surface area contributed by atoms with E-state index >= 15 is 0 Å². The Balaban J connectivity index is 2.01. The van der Waals surface area contributed by atoms with E-state index in [4.69, 9.17) is 0 Å². The van der Waals surface area contributed by atoms with Gasteiger partial charge in [0.05, 0.1) is 11.5 Å². The number of carbonyl (C=O) groups is 2. The Morgan fingerprint density at radius 2 is 1.61 bits per heavy atom. The van der Waals surface area contributed by atoms with Crippen molar-refractivity contribution in [2.45, 2.75) is 31.3 Å². The van der Waals surface area contributed by atoms with E-state index < -0.39 is 11.5 Å². The molecule has 0 bridgehead atoms. The summed E-state index contributed by atoms with van der Waals surface area (Å²) in [5, 5.41) is 10.4. The van der Waals surface area contributed by atoms with Gasteiger partial charge in [0.15, 0.2) is 5.78 Å². The lowest BCUT2D eigenvalue weighted by molar-refractivity contribution is -0.131. The van der Waals surface area contributed by atoms with Gasteiger partial charge in [-0.3, -0.25) is 9.59 Å². The van der Waals surface area contributed by atoms with Crippen LogP contribution in [0.25, 0.3) is 0 Å². The molecule has 0 amide bonds. The minimum absolute atomic E-state index is 0.0274. The summed E-state index contributed by atoms with van der Waals surface area (Å²) in [7, 11) is 0. The number of ketones is 2. The third kappa shape index (κ3) is 3.25. The molecule has 0 heterocycles. The first kappa shape index (κ1) is 15.6. The lowest BCUT2D eigenvalue weighted by atomic mass is 9.66. The van der Waals surface area contributed by atoms with Crippen LogP contribution in [0.1, 0.15) is 41.6 Å². The zero-order chi connectivity index (χ0) is 16.4. The number of rotatable bonds is 3. The van der Waals surface area contributed by atoms with Crippen molar-refractivity contribution in [1.29, 1.82) is 0 Å². The van der Waals surface area contributed by atoms with Gasteiger partial charge in [0.2, 0.25) is 0 Å². The fourth-order valence-corrected chi connectivity index (χ4v) is 3.49. The van der Waals surface area contributed by atoms with Crippen molar-refractivity contribution in [3.63, 3.8) is 0 Å². The fraction of sp³-hybridized carbons (Fsp3) is 0.300. The third-order valence-corrected chi connectivity index (χ3v) is 4.53. The molecule has 3 atom stereocenters. The standard InChI is InChI=1S/C20H20O3/c1-20(23)12-16(14-8-4-2-5-9-14)18(17(21)13-20)19(22)15-10-6-3-7-11-15/h2-11,16,18,23H,12-13H2,1H3. The molecule has 2 aromatic rings. The lowest BCUT2D eigenvalue weighted by Crippen LogP contribution is -2.44. The van der Waals surface area contributed by atoms with Crippen LogP contribution in [0.4, 0.5) is 0 Å². The quantitative estimate of drug-likeness (QED) is 0.698. The maximum Gasteiger partial charge on any atom is 0.173 e. The van der Waals surface area contributed by atoms with Crippen LogP contribution in [-0.2, 0) is 4.79 Å². The Hall–Kier alpha value is -2.26. The Morgan fingerprint density at radius 1 is 1.04 bits per heavy atom. The minimum Gasteiger partial charge on any atom is -0.390 e. The highest BCUT2D eigenvalue weighted by Gasteiger charge is 2.45. The summed E-state index contributed by atoms with van der Waals surface area (Å²) < 4.78 is 0. The van der Waals surface area contributed by atoms with Crippen molar-refractivity contribution in [3.8, 4) is 0 Å². The molecule has 0 saturated heterocycles. The van der Waals surface area contributed by atoms with E-state index in [-0.39, 0.29) is 23.9 Å². The summed E-state index contributed by atoms with van der Waals surface area (Å²) in [6, 6.07) is 18.5. The molecule has 1 aliphatic carbocycles. The lowest BCUT2D eigenvalue weighted by Gasteiger charge is -2.38. The topological polar surface area (TPSA) is 54.4 Å². The molecule has 1 fully saturated rings. The molecule has 1 saturated carbocycles. The highest BCUT2D eigenvalue weighted by molar-refractivity contribution is 6.12. The summed E-state index contributed by atoms with van der Waals surface area (Å²) >= 11 is 0. The molecule has 3 heteroatoms. The van der Waals surface area contributed by atoms with Gasteiger partial charge in [-0.2, -0.15) is 0 Å².